The molecule has 3 heteroatoms. The average molecular weight is 245 g/mol. The standard InChI is InChI=1S/C15H19NO2/c1-3-17-11-6-7-13-12(8-11)15(10-4-5-10)14(18-13)9-16-2/h6-8,10,16H,3-5,9H2,1-2H3. The van der Waals surface area contributed by atoms with Crippen LogP contribution in [0.2, 0.25) is 0 Å². The largest absolute Gasteiger partial charge is 0.494 e. The van der Waals surface area contributed by atoms with Gasteiger partial charge in [0.15, 0.2) is 0 Å². The van der Waals surface area contributed by atoms with Crippen molar-refractivity contribution in [3.63, 3.8) is 0 Å². The predicted octanol–water partition coefficient (Wildman–Crippen LogP) is 3.43. The topological polar surface area (TPSA) is 34.4 Å². The van der Waals surface area contributed by atoms with Crippen LogP contribution >= 0.6 is 0 Å². The molecule has 0 unspecified atom stereocenters. The highest BCUT2D eigenvalue weighted by atomic mass is 16.5. The Morgan fingerprint density at radius 3 is 2.89 bits per heavy atom. The van der Waals surface area contributed by atoms with E-state index >= 15 is 0 Å². The first-order chi connectivity index (χ1) is 8.83. The molecule has 3 rings (SSSR count). The van der Waals surface area contributed by atoms with E-state index in [2.05, 4.69) is 11.4 Å². The third-order valence-corrected chi connectivity index (χ3v) is 3.41. The zero-order valence-electron chi connectivity index (χ0n) is 11.0. The molecule has 3 nitrogen and oxygen atoms in total. The van der Waals surface area contributed by atoms with Crippen LogP contribution in [0.25, 0.3) is 11.0 Å². The number of nitrogens with one attached hydrogen (secondary N) is 1. The summed E-state index contributed by atoms with van der Waals surface area (Å²) in [6.45, 7) is 3.50. The molecule has 1 aromatic heterocycles. The number of furan rings is 1. The van der Waals surface area contributed by atoms with Crippen molar-refractivity contribution in [2.75, 3.05) is 13.7 Å². The summed E-state index contributed by atoms with van der Waals surface area (Å²) >= 11 is 0. The van der Waals surface area contributed by atoms with E-state index in [0.717, 1.165) is 23.6 Å². The number of rotatable bonds is 5. The average Bonchev–Trinajstić information content (AvgIpc) is 3.13. The van der Waals surface area contributed by atoms with Crippen molar-refractivity contribution in [1.29, 1.82) is 0 Å². The molecule has 1 saturated carbocycles. The number of hydrogen-bond acceptors (Lipinski definition) is 3. The highest BCUT2D eigenvalue weighted by Gasteiger charge is 2.30. The highest BCUT2D eigenvalue weighted by molar-refractivity contribution is 5.84. The van der Waals surface area contributed by atoms with Gasteiger partial charge in [-0.25, -0.2) is 0 Å². The number of fused-ring (bicyclic) bond motifs is 1. The summed E-state index contributed by atoms with van der Waals surface area (Å²) in [5, 5.41) is 4.41. The fourth-order valence-electron chi connectivity index (χ4n) is 2.51. The summed E-state index contributed by atoms with van der Waals surface area (Å²) in [7, 11) is 1.95. The van der Waals surface area contributed by atoms with Gasteiger partial charge in [-0.3, -0.25) is 0 Å². The van der Waals surface area contributed by atoms with Gasteiger partial charge in [-0.1, -0.05) is 0 Å². The smallest absolute Gasteiger partial charge is 0.134 e. The lowest BCUT2D eigenvalue weighted by Crippen LogP contribution is -2.05. The van der Waals surface area contributed by atoms with Gasteiger partial charge < -0.3 is 14.5 Å². The second kappa shape index (κ2) is 4.65. The molecular weight excluding hydrogens is 226 g/mol. The predicted molar refractivity (Wildman–Crippen MR) is 72.1 cm³/mol. The van der Waals surface area contributed by atoms with Gasteiger partial charge in [0.25, 0.3) is 0 Å². The zero-order chi connectivity index (χ0) is 12.5. The van der Waals surface area contributed by atoms with Crippen molar-refractivity contribution in [2.45, 2.75) is 32.2 Å². The lowest BCUT2D eigenvalue weighted by Gasteiger charge is -2.03. The maximum absolute atomic E-state index is 5.96. The van der Waals surface area contributed by atoms with Crippen LogP contribution in [0, 0.1) is 0 Å². The second-order valence-corrected chi connectivity index (χ2v) is 4.83. The Morgan fingerprint density at radius 2 is 2.22 bits per heavy atom. The quantitative estimate of drug-likeness (QED) is 0.876. The first-order valence-corrected chi connectivity index (χ1v) is 6.66. The zero-order valence-corrected chi connectivity index (χ0v) is 11.0. The number of ether oxygens (including phenoxy) is 1. The van der Waals surface area contributed by atoms with Crippen molar-refractivity contribution in [2.24, 2.45) is 0 Å². The first kappa shape index (κ1) is 11.6. The summed E-state index contributed by atoms with van der Waals surface area (Å²) in [4.78, 5) is 0. The Morgan fingerprint density at radius 1 is 1.39 bits per heavy atom. The second-order valence-electron chi connectivity index (χ2n) is 4.83. The van der Waals surface area contributed by atoms with Crippen LogP contribution in [0.3, 0.4) is 0 Å². The third kappa shape index (κ3) is 1.99. The summed E-state index contributed by atoms with van der Waals surface area (Å²) in [6, 6.07) is 6.12. The fraction of sp³-hybridized carbons (Fsp3) is 0.467. The minimum absolute atomic E-state index is 0.687. The van der Waals surface area contributed by atoms with Gasteiger partial charge in [-0.15, -0.1) is 0 Å². The van der Waals surface area contributed by atoms with Crippen molar-refractivity contribution >= 4 is 11.0 Å². The van der Waals surface area contributed by atoms with Crippen molar-refractivity contribution < 1.29 is 9.15 Å². The van der Waals surface area contributed by atoms with E-state index < -0.39 is 0 Å². The molecule has 0 saturated heterocycles. The molecule has 0 radical (unpaired) electrons. The van der Waals surface area contributed by atoms with Crippen LogP contribution in [0.15, 0.2) is 22.6 Å². The summed E-state index contributed by atoms with van der Waals surface area (Å²) in [5.74, 6) is 2.71. The van der Waals surface area contributed by atoms with E-state index in [0.29, 0.717) is 12.5 Å². The lowest BCUT2D eigenvalue weighted by atomic mass is 10.1. The Hall–Kier alpha value is -1.48. The molecular formula is C15H19NO2. The summed E-state index contributed by atoms with van der Waals surface area (Å²) in [5.41, 5.74) is 2.37. The van der Waals surface area contributed by atoms with E-state index in [1.165, 1.54) is 23.8 Å². The van der Waals surface area contributed by atoms with Gasteiger partial charge in [-0.2, -0.15) is 0 Å². The van der Waals surface area contributed by atoms with Crippen LogP contribution in [0.5, 0.6) is 5.75 Å². The third-order valence-electron chi connectivity index (χ3n) is 3.41. The first-order valence-electron chi connectivity index (χ1n) is 6.66. The molecule has 18 heavy (non-hydrogen) atoms. The van der Waals surface area contributed by atoms with Gasteiger partial charge in [0.05, 0.1) is 13.2 Å². The van der Waals surface area contributed by atoms with E-state index in [1.54, 1.807) is 0 Å². The van der Waals surface area contributed by atoms with Crippen LogP contribution in [-0.4, -0.2) is 13.7 Å². The highest BCUT2D eigenvalue weighted by Crippen LogP contribution is 2.46. The molecule has 1 heterocycles. The maximum atomic E-state index is 5.96. The molecule has 2 aromatic rings. The SMILES string of the molecule is CCOc1ccc2oc(CNC)c(C3CC3)c2c1. The van der Waals surface area contributed by atoms with E-state index in [1.807, 2.05) is 26.1 Å². The Labute approximate surface area is 107 Å². The monoisotopic (exact) mass is 245 g/mol. The molecule has 0 amide bonds. The molecule has 1 N–H and O–H groups in total. The van der Waals surface area contributed by atoms with Crippen LogP contribution in [-0.2, 0) is 6.54 Å². The van der Waals surface area contributed by atoms with Gasteiger partial charge in [0.1, 0.15) is 17.1 Å². The Bertz CT molecular complexity index is 555. The lowest BCUT2D eigenvalue weighted by molar-refractivity contribution is 0.340. The molecule has 1 aliphatic rings. The molecule has 0 atom stereocenters. The molecule has 1 aliphatic carbocycles. The van der Waals surface area contributed by atoms with E-state index in [9.17, 15) is 0 Å². The van der Waals surface area contributed by atoms with Crippen LogP contribution in [0.4, 0.5) is 0 Å². The molecule has 0 aliphatic heterocycles. The normalized spacial score (nSPS) is 15.2. The van der Waals surface area contributed by atoms with Gasteiger partial charge in [0, 0.05) is 10.9 Å². The maximum Gasteiger partial charge on any atom is 0.134 e. The van der Waals surface area contributed by atoms with Crippen molar-refractivity contribution in [1.82, 2.24) is 5.32 Å². The Balaban J connectivity index is 2.10. The van der Waals surface area contributed by atoms with Crippen LogP contribution < -0.4 is 10.1 Å². The molecule has 96 valence electrons. The van der Waals surface area contributed by atoms with Gasteiger partial charge in [-0.05, 0) is 50.9 Å². The molecule has 0 spiro atoms. The van der Waals surface area contributed by atoms with Crippen molar-refractivity contribution in [3.05, 3.63) is 29.5 Å². The van der Waals surface area contributed by atoms with Crippen LogP contribution in [0.1, 0.15) is 37.0 Å². The summed E-state index contributed by atoms with van der Waals surface area (Å²) < 4.78 is 11.5. The minimum atomic E-state index is 0.687. The van der Waals surface area contributed by atoms with Gasteiger partial charge in [0.2, 0.25) is 0 Å². The minimum Gasteiger partial charge on any atom is -0.494 e. The molecule has 0 bridgehead atoms. The van der Waals surface area contributed by atoms with Crippen molar-refractivity contribution in [3.8, 4) is 5.75 Å². The molecule has 1 aromatic carbocycles. The fourth-order valence-corrected chi connectivity index (χ4v) is 2.51. The van der Waals surface area contributed by atoms with E-state index in [-0.39, 0.29) is 0 Å². The Kier molecular flexibility index (Phi) is 3.00. The molecule has 1 fully saturated rings. The number of hydrogen-bond donors (Lipinski definition) is 1. The van der Waals surface area contributed by atoms with E-state index in [4.69, 9.17) is 9.15 Å². The number of benzene rings is 1. The van der Waals surface area contributed by atoms with Gasteiger partial charge >= 0.3 is 0 Å². The summed E-state index contributed by atoms with van der Waals surface area (Å²) in [6.07, 6.45) is 2.56.